The average Bonchev–Trinajstić information content (AvgIpc) is 2.76. The second-order valence-electron chi connectivity index (χ2n) is 4.93. The van der Waals surface area contributed by atoms with Crippen molar-refractivity contribution < 1.29 is 13.5 Å². The predicted octanol–water partition coefficient (Wildman–Crippen LogP) is 2.30. The van der Waals surface area contributed by atoms with Crippen molar-refractivity contribution in [3.63, 3.8) is 0 Å². The number of hydrogen-bond acceptors (Lipinski definition) is 4. The lowest BCUT2D eigenvalue weighted by Crippen LogP contribution is -2.35. The number of sulfonamides is 1. The fourth-order valence-corrected chi connectivity index (χ4v) is 4.54. The van der Waals surface area contributed by atoms with E-state index in [2.05, 4.69) is 13.8 Å². The van der Waals surface area contributed by atoms with Crippen LogP contribution in [0.1, 0.15) is 32.8 Å². The number of hydrogen-bond donors (Lipinski definition) is 1. The van der Waals surface area contributed by atoms with Crippen LogP contribution in [0, 0.1) is 5.92 Å². The van der Waals surface area contributed by atoms with Gasteiger partial charge >= 0.3 is 0 Å². The van der Waals surface area contributed by atoms with Gasteiger partial charge in [-0.1, -0.05) is 13.8 Å². The molecule has 1 N–H and O–H groups in total. The van der Waals surface area contributed by atoms with Gasteiger partial charge in [0.25, 0.3) is 10.0 Å². The first-order chi connectivity index (χ1) is 8.28. The maximum absolute atomic E-state index is 12.3. The summed E-state index contributed by atoms with van der Waals surface area (Å²) in [5.74, 6) is 0.453. The molecule has 0 aliphatic carbocycles. The van der Waals surface area contributed by atoms with Gasteiger partial charge in [0.1, 0.15) is 4.21 Å². The van der Waals surface area contributed by atoms with E-state index >= 15 is 0 Å². The van der Waals surface area contributed by atoms with Crippen LogP contribution in [0.2, 0.25) is 0 Å². The highest BCUT2D eigenvalue weighted by Crippen LogP contribution is 2.25. The van der Waals surface area contributed by atoms with Crippen LogP contribution in [0.15, 0.2) is 15.7 Å². The van der Waals surface area contributed by atoms with Gasteiger partial charge < -0.3 is 5.11 Å². The zero-order valence-electron chi connectivity index (χ0n) is 11.3. The van der Waals surface area contributed by atoms with Crippen LogP contribution in [-0.4, -0.2) is 30.9 Å². The largest absolute Gasteiger partial charge is 0.392 e. The lowest BCUT2D eigenvalue weighted by molar-refractivity contribution is 0.282. The molecule has 0 spiro atoms. The van der Waals surface area contributed by atoms with E-state index in [1.165, 1.54) is 4.31 Å². The summed E-state index contributed by atoms with van der Waals surface area (Å²) in [6.07, 6.45) is 0.827. The predicted molar refractivity (Wildman–Crippen MR) is 74.1 cm³/mol. The van der Waals surface area contributed by atoms with Gasteiger partial charge in [-0.05, 0) is 36.3 Å². The van der Waals surface area contributed by atoms with Crippen LogP contribution in [0.4, 0.5) is 0 Å². The van der Waals surface area contributed by atoms with E-state index in [9.17, 15) is 8.42 Å². The summed E-state index contributed by atoms with van der Waals surface area (Å²) in [6.45, 7) is 5.94. The summed E-state index contributed by atoms with van der Waals surface area (Å²) in [7, 11) is -1.82. The fourth-order valence-electron chi connectivity index (χ4n) is 1.78. The molecule has 0 amide bonds. The summed E-state index contributed by atoms with van der Waals surface area (Å²) in [5, 5.41) is 10.7. The van der Waals surface area contributed by atoms with Crippen LogP contribution in [0.3, 0.4) is 0 Å². The van der Waals surface area contributed by atoms with Crippen molar-refractivity contribution in [3.05, 3.63) is 17.0 Å². The molecule has 18 heavy (non-hydrogen) atoms. The fraction of sp³-hybridized carbons (Fsp3) is 0.667. The Hall–Kier alpha value is -0.430. The summed E-state index contributed by atoms with van der Waals surface area (Å²) in [6, 6.07) is 1.51. The van der Waals surface area contributed by atoms with Crippen LogP contribution in [0.5, 0.6) is 0 Å². The molecular weight excluding hydrogens is 270 g/mol. The Balaban J connectivity index is 2.92. The molecule has 0 radical (unpaired) electrons. The zero-order valence-corrected chi connectivity index (χ0v) is 12.9. The molecule has 0 aliphatic rings. The van der Waals surface area contributed by atoms with E-state index in [1.807, 2.05) is 6.92 Å². The third kappa shape index (κ3) is 3.54. The van der Waals surface area contributed by atoms with Gasteiger partial charge in [-0.3, -0.25) is 0 Å². The van der Waals surface area contributed by atoms with Gasteiger partial charge in [-0.25, -0.2) is 8.42 Å². The van der Waals surface area contributed by atoms with Crippen molar-refractivity contribution in [2.24, 2.45) is 5.92 Å². The minimum absolute atomic E-state index is 0.0327. The van der Waals surface area contributed by atoms with E-state index in [0.29, 0.717) is 15.7 Å². The van der Waals surface area contributed by atoms with Crippen LogP contribution < -0.4 is 0 Å². The van der Waals surface area contributed by atoms with Crippen LogP contribution in [0.25, 0.3) is 0 Å². The molecule has 1 heterocycles. The molecule has 0 saturated heterocycles. The Morgan fingerprint density at radius 1 is 1.39 bits per heavy atom. The van der Waals surface area contributed by atoms with Gasteiger partial charge in [0.15, 0.2) is 0 Å². The van der Waals surface area contributed by atoms with Gasteiger partial charge in [-0.15, -0.1) is 11.3 Å². The Bertz CT molecular complexity index is 479. The second-order valence-corrected chi connectivity index (χ2v) is 8.07. The van der Waals surface area contributed by atoms with E-state index in [1.54, 1.807) is 18.5 Å². The van der Waals surface area contributed by atoms with E-state index < -0.39 is 10.0 Å². The van der Waals surface area contributed by atoms with E-state index in [0.717, 1.165) is 17.8 Å². The lowest BCUT2D eigenvalue weighted by Gasteiger charge is -2.24. The van der Waals surface area contributed by atoms with Crippen molar-refractivity contribution in [1.82, 2.24) is 4.31 Å². The first-order valence-corrected chi connectivity index (χ1v) is 8.27. The minimum Gasteiger partial charge on any atom is -0.392 e. The Kier molecular flexibility index (Phi) is 5.33. The Labute approximate surface area is 113 Å². The SMILES string of the molecule is CC(C)CC(C)N(C)S(=O)(=O)c1cc(CO)cs1. The van der Waals surface area contributed by atoms with Crippen molar-refractivity contribution in [3.8, 4) is 0 Å². The molecule has 0 aliphatic heterocycles. The molecule has 0 fully saturated rings. The lowest BCUT2D eigenvalue weighted by atomic mass is 10.1. The van der Waals surface area contributed by atoms with E-state index in [-0.39, 0.29) is 12.6 Å². The first kappa shape index (κ1) is 15.6. The molecule has 6 heteroatoms. The third-order valence-electron chi connectivity index (χ3n) is 2.88. The third-order valence-corrected chi connectivity index (χ3v) is 6.31. The van der Waals surface area contributed by atoms with Crippen LogP contribution in [-0.2, 0) is 16.6 Å². The Morgan fingerprint density at radius 2 is 2.00 bits per heavy atom. The summed E-state index contributed by atoms with van der Waals surface area (Å²) in [5.41, 5.74) is 0.642. The zero-order chi connectivity index (χ0) is 13.9. The van der Waals surface area contributed by atoms with E-state index in [4.69, 9.17) is 5.11 Å². The molecular formula is C12H21NO3S2. The van der Waals surface area contributed by atoms with Gasteiger partial charge in [0.05, 0.1) is 6.61 Å². The van der Waals surface area contributed by atoms with Crippen molar-refractivity contribution >= 4 is 21.4 Å². The van der Waals surface area contributed by atoms with Gasteiger partial charge in [0, 0.05) is 13.1 Å². The smallest absolute Gasteiger partial charge is 0.252 e. The molecule has 0 saturated carbocycles. The van der Waals surface area contributed by atoms with Gasteiger partial charge in [-0.2, -0.15) is 4.31 Å². The maximum atomic E-state index is 12.3. The van der Waals surface area contributed by atoms with Crippen molar-refractivity contribution in [2.75, 3.05) is 7.05 Å². The molecule has 1 rings (SSSR count). The van der Waals surface area contributed by atoms with Crippen LogP contribution >= 0.6 is 11.3 Å². The average molecular weight is 291 g/mol. The number of thiophene rings is 1. The van der Waals surface area contributed by atoms with Crippen molar-refractivity contribution in [1.29, 1.82) is 0 Å². The standard InChI is InChI=1S/C12H21NO3S2/c1-9(2)5-10(3)13(4)18(15,16)12-6-11(7-14)8-17-12/h6,8-10,14H,5,7H2,1-4H3. The minimum atomic E-state index is -3.43. The summed E-state index contributed by atoms with van der Waals surface area (Å²) >= 11 is 1.16. The molecule has 1 atom stereocenters. The normalized spacial score (nSPS) is 14.4. The second kappa shape index (κ2) is 6.14. The summed E-state index contributed by atoms with van der Waals surface area (Å²) in [4.78, 5) is 0. The van der Waals surface area contributed by atoms with Gasteiger partial charge in [0.2, 0.25) is 0 Å². The molecule has 104 valence electrons. The summed E-state index contributed by atoms with van der Waals surface area (Å²) < 4.78 is 26.4. The molecule has 4 nitrogen and oxygen atoms in total. The number of nitrogens with zero attached hydrogens (tertiary/aromatic N) is 1. The molecule has 0 bridgehead atoms. The topological polar surface area (TPSA) is 57.6 Å². The molecule has 1 aromatic rings. The molecule has 1 unspecified atom stereocenters. The highest BCUT2D eigenvalue weighted by molar-refractivity contribution is 7.91. The number of aliphatic hydroxyl groups is 1. The number of rotatable bonds is 6. The Morgan fingerprint density at radius 3 is 2.44 bits per heavy atom. The highest BCUT2D eigenvalue weighted by atomic mass is 32.2. The quantitative estimate of drug-likeness (QED) is 0.875. The van der Waals surface area contributed by atoms with Crippen molar-refractivity contribution in [2.45, 2.75) is 44.0 Å². The molecule has 1 aromatic heterocycles. The monoisotopic (exact) mass is 291 g/mol. The first-order valence-electron chi connectivity index (χ1n) is 5.95. The number of aliphatic hydroxyl groups excluding tert-OH is 1. The maximum Gasteiger partial charge on any atom is 0.252 e. The molecule has 0 aromatic carbocycles. The highest BCUT2D eigenvalue weighted by Gasteiger charge is 2.27.